The summed E-state index contributed by atoms with van der Waals surface area (Å²) in [6.07, 6.45) is 0.985. The minimum atomic E-state index is -1.04. The summed E-state index contributed by atoms with van der Waals surface area (Å²) in [4.78, 5) is 26.7. The molecule has 0 aliphatic carbocycles. The molecule has 0 spiro atoms. The van der Waals surface area contributed by atoms with Crippen LogP contribution in [0, 0.1) is 0 Å². The third-order valence-corrected chi connectivity index (χ3v) is 5.16. The maximum absolute atomic E-state index is 13.0. The first kappa shape index (κ1) is 19.5. The molecule has 1 aliphatic rings. The molecule has 1 saturated heterocycles. The van der Waals surface area contributed by atoms with Crippen molar-refractivity contribution in [2.24, 2.45) is 0 Å². The maximum Gasteiger partial charge on any atom is 0.325 e. The summed E-state index contributed by atoms with van der Waals surface area (Å²) in [5.41, 5.74) is -0.314. The minimum Gasteiger partial charge on any atom is -0.494 e. The fourth-order valence-corrected chi connectivity index (χ4v) is 3.40. The van der Waals surface area contributed by atoms with Crippen LogP contribution in [0.25, 0.3) is 0 Å². The van der Waals surface area contributed by atoms with Crippen molar-refractivity contribution in [1.82, 2.24) is 10.2 Å². The van der Waals surface area contributed by atoms with Crippen molar-refractivity contribution in [3.63, 3.8) is 0 Å². The summed E-state index contributed by atoms with van der Waals surface area (Å²) >= 11 is 11.8. The van der Waals surface area contributed by atoms with Crippen molar-refractivity contribution < 1.29 is 14.3 Å². The van der Waals surface area contributed by atoms with Gasteiger partial charge in [-0.1, -0.05) is 42.3 Å². The molecule has 1 heterocycles. The highest BCUT2D eigenvalue weighted by atomic mass is 35.5. The molecule has 2 aromatic rings. The fourth-order valence-electron chi connectivity index (χ4n) is 3.15. The lowest BCUT2D eigenvalue weighted by Crippen LogP contribution is -2.43. The van der Waals surface area contributed by atoms with E-state index in [9.17, 15) is 9.59 Å². The Morgan fingerprint density at radius 3 is 2.19 bits per heavy atom. The molecule has 3 amide bonds. The molecule has 1 atom stereocenters. The van der Waals surface area contributed by atoms with Gasteiger partial charge in [0.15, 0.2) is 0 Å². The molecule has 3 rings (SSSR count). The van der Waals surface area contributed by atoms with Crippen LogP contribution in [0.5, 0.6) is 5.75 Å². The number of benzene rings is 2. The molecule has 2 aromatic carbocycles. The third-order valence-electron chi connectivity index (χ3n) is 4.65. The lowest BCUT2D eigenvalue weighted by Gasteiger charge is -2.25. The number of carbonyl (C=O) groups excluding carboxylic acids is 2. The number of nitrogens with one attached hydrogen (secondary N) is 1. The van der Waals surface area contributed by atoms with Crippen LogP contribution in [0.15, 0.2) is 48.5 Å². The Labute approximate surface area is 168 Å². The Morgan fingerprint density at radius 2 is 1.59 bits per heavy atom. The van der Waals surface area contributed by atoms with Crippen LogP contribution in [0.2, 0.25) is 10.0 Å². The molecule has 142 valence electrons. The number of rotatable bonds is 7. The van der Waals surface area contributed by atoms with E-state index in [2.05, 4.69) is 5.32 Å². The second kappa shape index (κ2) is 8.19. The lowest BCUT2D eigenvalue weighted by atomic mass is 9.87. The van der Waals surface area contributed by atoms with E-state index in [1.54, 1.807) is 48.5 Å². The van der Waals surface area contributed by atoms with Gasteiger partial charge in [0.25, 0.3) is 5.91 Å². The van der Waals surface area contributed by atoms with E-state index < -0.39 is 5.54 Å². The zero-order valence-electron chi connectivity index (χ0n) is 14.9. The first-order valence-corrected chi connectivity index (χ1v) is 9.50. The minimum absolute atomic E-state index is 0.246. The van der Waals surface area contributed by atoms with Crippen molar-refractivity contribution >= 4 is 35.1 Å². The molecule has 0 aromatic heterocycles. The predicted octanol–water partition coefficient (Wildman–Crippen LogP) is 4.62. The number of ether oxygens (including phenoxy) is 1. The predicted molar refractivity (Wildman–Crippen MR) is 105 cm³/mol. The molecular formula is C20H20Cl2N2O3. The van der Waals surface area contributed by atoms with E-state index in [-0.39, 0.29) is 18.5 Å². The number of hydrogen-bond acceptors (Lipinski definition) is 3. The molecule has 27 heavy (non-hydrogen) atoms. The fraction of sp³-hybridized carbons (Fsp3) is 0.300. The van der Waals surface area contributed by atoms with E-state index in [0.717, 1.165) is 5.56 Å². The number of nitrogens with zero attached hydrogens (tertiary/aromatic N) is 1. The van der Waals surface area contributed by atoms with E-state index in [0.29, 0.717) is 35.2 Å². The zero-order valence-corrected chi connectivity index (χ0v) is 16.4. The Hall–Kier alpha value is -2.24. The van der Waals surface area contributed by atoms with Gasteiger partial charge in [-0.05, 0) is 54.8 Å². The van der Waals surface area contributed by atoms with Gasteiger partial charge in [0.1, 0.15) is 11.3 Å². The van der Waals surface area contributed by atoms with Gasteiger partial charge < -0.3 is 10.1 Å². The highest BCUT2D eigenvalue weighted by Gasteiger charge is 2.50. The normalized spacial score (nSPS) is 19.3. The largest absolute Gasteiger partial charge is 0.494 e. The molecule has 1 aliphatic heterocycles. The van der Waals surface area contributed by atoms with Gasteiger partial charge in [-0.3, -0.25) is 9.69 Å². The van der Waals surface area contributed by atoms with Gasteiger partial charge in [0, 0.05) is 16.6 Å². The second-order valence-electron chi connectivity index (χ2n) is 6.31. The number of urea groups is 1. The molecule has 0 bridgehead atoms. The van der Waals surface area contributed by atoms with E-state index in [1.807, 2.05) is 6.92 Å². The molecule has 5 nitrogen and oxygen atoms in total. The molecule has 0 radical (unpaired) electrons. The van der Waals surface area contributed by atoms with Gasteiger partial charge in [-0.15, -0.1) is 0 Å². The van der Waals surface area contributed by atoms with Crippen molar-refractivity contribution in [1.29, 1.82) is 0 Å². The maximum atomic E-state index is 13.0. The van der Waals surface area contributed by atoms with Gasteiger partial charge >= 0.3 is 6.03 Å². The lowest BCUT2D eigenvalue weighted by molar-refractivity contribution is -0.131. The molecular weight excluding hydrogens is 387 g/mol. The summed E-state index contributed by atoms with van der Waals surface area (Å²) in [5.74, 6) is 0.449. The average Bonchev–Trinajstić information content (AvgIpc) is 2.92. The molecule has 7 heteroatoms. The third kappa shape index (κ3) is 4.04. The van der Waals surface area contributed by atoms with Crippen molar-refractivity contribution in [2.75, 3.05) is 13.2 Å². The SMILES string of the molecule is CCC1(c2ccc(Cl)cc2)NC(=O)N(CCCOc2ccc(Cl)cc2)C1=O. The quantitative estimate of drug-likeness (QED) is 0.538. The van der Waals surface area contributed by atoms with Crippen LogP contribution in [0.3, 0.4) is 0 Å². The summed E-state index contributed by atoms with van der Waals surface area (Å²) in [5, 5.41) is 4.08. The van der Waals surface area contributed by atoms with Crippen LogP contribution in [0.1, 0.15) is 25.3 Å². The summed E-state index contributed by atoms with van der Waals surface area (Å²) < 4.78 is 5.62. The Morgan fingerprint density at radius 1 is 1.00 bits per heavy atom. The monoisotopic (exact) mass is 406 g/mol. The number of halogens is 2. The number of imide groups is 1. The van der Waals surface area contributed by atoms with E-state index >= 15 is 0 Å². The standard InChI is InChI=1S/C20H20Cl2N2O3/c1-2-20(14-4-6-15(21)7-5-14)18(25)24(19(26)23-20)12-3-13-27-17-10-8-16(22)9-11-17/h4-11H,2-3,12-13H2,1H3,(H,23,26). The first-order valence-electron chi connectivity index (χ1n) is 8.75. The smallest absolute Gasteiger partial charge is 0.325 e. The highest BCUT2D eigenvalue weighted by molar-refractivity contribution is 6.30. The zero-order chi connectivity index (χ0) is 19.4. The first-order chi connectivity index (χ1) is 13.0. The Kier molecular flexibility index (Phi) is 5.92. The van der Waals surface area contributed by atoms with Crippen LogP contribution in [0.4, 0.5) is 4.79 Å². The molecule has 0 saturated carbocycles. The summed E-state index contributed by atoms with van der Waals surface area (Å²) in [7, 11) is 0. The topological polar surface area (TPSA) is 58.6 Å². The van der Waals surface area contributed by atoms with Crippen LogP contribution >= 0.6 is 23.2 Å². The number of carbonyl (C=O) groups is 2. The molecule has 1 fully saturated rings. The average molecular weight is 407 g/mol. The Bertz CT molecular complexity index is 824. The number of hydrogen-bond donors (Lipinski definition) is 1. The van der Waals surface area contributed by atoms with Gasteiger partial charge in [0.2, 0.25) is 0 Å². The van der Waals surface area contributed by atoms with Crippen LogP contribution in [-0.2, 0) is 10.3 Å². The molecule has 1 unspecified atom stereocenters. The van der Waals surface area contributed by atoms with Crippen molar-refractivity contribution in [2.45, 2.75) is 25.3 Å². The van der Waals surface area contributed by atoms with Crippen molar-refractivity contribution in [3.8, 4) is 5.75 Å². The Balaban J connectivity index is 1.63. The summed E-state index contributed by atoms with van der Waals surface area (Å²) in [6, 6.07) is 13.6. The summed E-state index contributed by atoms with van der Waals surface area (Å²) in [6.45, 7) is 2.55. The van der Waals surface area contributed by atoms with Gasteiger partial charge in [-0.2, -0.15) is 0 Å². The van der Waals surface area contributed by atoms with Gasteiger partial charge in [-0.25, -0.2) is 4.79 Å². The van der Waals surface area contributed by atoms with E-state index in [1.165, 1.54) is 4.90 Å². The van der Waals surface area contributed by atoms with Gasteiger partial charge in [0.05, 0.1) is 6.61 Å². The number of amides is 3. The van der Waals surface area contributed by atoms with E-state index in [4.69, 9.17) is 27.9 Å². The van der Waals surface area contributed by atoms with Crippen LogP contribution < -0.4 is 10.1 Å². The van der Waals surface area contributed by atoms with Crippen LogP contribution in [-0.4, -0.2) is 30.0 Å². The molecule has 1 N–H and O–H groups in total. The second-order valence-corrected chi connectivity index (χ2v) is 7.18. The van der Waals surface area contributed by atoms with Crippen molar-refractivity contribution in [3.05, 3.63) is 64.1 Å². The highest BCUT2D eigenvalue weighted by Crippen LogP contribution is 2.33.